The Balaban J connectivity index is 1.81. The third-order valence-corrected chi connectivity index (χ3v) is 11.8. The van der Waals surface area contributed by atoms with Gasteiger partial charge in [0.05, 0.1) is 19.8 Å². The van der Waals surface area contributed by atoms with Crippen LogP contribution in [-0.4, -0.2) is 142 Å². The van der Waals surface area contributed by atoms with Crippen molar-refractivity contribution in [2.24, 2.45) is 0 Å². The molecule has 2 rings (SSSR count). The first-order chi connectivity index (χ1) is 33.0. The molecule has 2 aliphatic rings. The van der Waals surface area contributed by atoms with E-state index in [1.165, 1.54) is 57.8 Å². The van der Waals surface area contributed by atoms with Crippen LogP contribution in [0.3, 0.4) is 0 Å². The van der Waals surface area contributed by atoms with Gasteiger partial charge in [-0.25, -0.2) is 0 Å². The predicted octanol–water partition coefficient (Wildman–Crippen LogP) is 7.04. The average molecular weight is 965 g/mol. The van der Waals surface area contributed by atoms with Gasteiger partial charge in [-0.05, 0) is 57.8 Å². The van der Waals surface area contributed by atoms with Crippen molar-refractivity contribution in [3.05, 3.63) is 72.9 Å². The van der Waals surface area contributed by atoms with E-state index >= 15 is 0 Å². The number of allylic oxidation sites excluding steroid dienone is 12. The number of hydrogen-bond acceptors (Lipinski definition) is 15. The van der Waals surface area contributed by atoms with E-state index < -0.39 is 99.3 Å². The summed E-state index contributed by atoms with van der Waals surface area (Å²) in [4.78, 5) is 25.7. The molecule has 11 atom stereocenters. The first-order valence-corrected chi connectivity index (χ1v) is 25.6. The van der Waals surface area contributed by atoms with Crippen LogP contribution in [0.15, 0.2) is 72.9 Å². The Kier molecular flexibility index (Phi) is 35.6. The molecule has 0 radical (unpaired) electrons. The smallest absolute Gasteiger partial charge is 0.306 e. The first-order valence-electron chi connectivity index (χ1n) is 25.6. The summed E-state index contributed by atoms with van der Waals surface area (Å²) < 4.78 is 33.5. The largest absolute Gasteiger partial charge is 0.462 e. The number of esters is 2. The van der Waals surface area contributed by atoms with Crippen LogP contribution in [0, 0.1) is 0 Å². The van der Waals surface area contributed by atoms with Crippen LogP contribution in [0.1, 0.15) is 155 Å². The van der Waals surface area contributed by atoms with Crippen LogP contribution in [-0.2, 0) is 38.0 Å². The molecule has 15 nitrogen and oxygen atoms in total. The molecule has 0 aliphatic carbocycles. The highest BCUT2D eigenvalue weighted by molar-refractivity contribution is 5.70. The van der Waals surface area contributed by atoms with Crippen LogP contribution in [0.2, 0.25) is 0 Å². The normalized spacial score (nSPS) is 26.4. The van der Waals surface area contributed by atoms with Gasteiger partial charge < -0.3 is 64.2 Å². The topological polar surface area (TPSA) is 231 Å². The third-order valence-electron chi connectivity index (χ3n) is 11.8. The molecule has 2 saturated heterocycles. The minimum absolute atomic E-state index is 0.115. The number of aliphatic hydroxyl groups excluding tert-OH is 7. The summed E-state index contributed by atoms with van der Waals surface area (Å²) in [5, 5.41) is 72.0. The van der Waals surface area contributed by atoms with Crippen molar-refractivity contribution in [2.75, 3.05) is 26.4 Å². The Hall–Kier alpha value is -3.06. The SMILES string of the molecule is CC/C=C/C=C/C=C/C=C/CCCCCC(=O)OC(COC(=O)CCCCCCCCCCCC/C=C/C=C/CCCCC)CO[C@@H]1O[C@H](CO[C@@H]2O[C@H](CO)[C@H](O)C(O)C2O)[C@H](O)C(O)C1O. The minimum atomic E-state index is -1.78. The van der Waals surface area contributed by atoms with Crippen LogP contribution < -0.4 is 0 Å². The molecule has 5 unspecified atom stereocenters. The predicted molar refractivity (Wildman–Crippen MR) is 261 cm³/mol. The summed E-state index contributed by atoms with van der Waals surface area (Å²) in [6.07, 6.45) is 29.3. The van der Waals surface area contributed by atoms with Gasteiger partial charge in [0.15, 0.2) is 18.7 Å². The molecule has 68 heavy (non-hydrogen) atoms. The highest BCUT2D eigenvalue weighted by Crippen LogP contribution is 2.26. The van der Waals surface area contributed by atoms with Crippen LogP contribution in [0.4, 0.5) is 0 Å². The lowest BCUT2D eigenvalue weighted by Crippen LogP contribution is -2.61. The van der Waals surface area contributed by atoms with Crippen molar-refractivity contribution in [3.63, 3.8) is 0 Å². The van der Waals surface area contributed by atoms with Gasteiger partial charge in [-0.1, -0.05) is 157 Å². The van der Waals surface area contributed by atoms with Crippen molar-refractivity contribution in [2.45, 2.75) is 223 Å². The maximum Gasteiger partial charge on any atom is 0.306 e. The highest BCUT2D eigenvalue weighted by Gasteiger charge is 2.47. The van der Waals surface area contributed by atoms with Gasteiger partial charge in [0.2, 0.25) is 0 Å². The van der Waals surface area contributed by atoms with E-state index in [9.17, 15) is 45.3 Å². The third kappa shape index (κ3) is 27.4. The van der Waals surface area contributed by atoms with E-state index in [2.05, 4.69) is 50.3 Å². The van der Waals surface area contributed by atoms with E-state index in [1.54, 1.807) is 0 Å². The Labute approximate surface area is 406 Å². The van der Waals surface area contributed by atoms with Crippen molar-refractivity contribution in [1.82, 2.24) is 0 Å². The monoisotopic (exact) mass is 965 g/mol. The van der Waals surface area contributed by atoms with Gasteiger partial charge in [0.1, 0.15) is 55.4 Å². The number of rotatable bonds is 38. The molecule has 15 heteroatoms. The van der Waals surface area contributed by atoms with Crippen LogP contribution >= 0.6 is 0 Å². The molecule has 0 aromatic rings. The zero-order valence-corrected chi connectivity index (χ0v) is 41.1. The quantitative estimate of drug-likeness (QED) is 0.0187. The Morgan fingerprint density at radius 1 is 0.485 bits per heavy atom. The van der Waals surface area contributed by atoms with Crippen molar-refractivity contribution in [1.29, 1.82) is 0 Å². The molecule has 0 saturated carbocycles. The fourth-order valence-corrected chi connectivity index (χ4v) is 7.57. The van der Waals surface area contributed by atoms with Gasteiger partial charge in [-0.15, -0.1) is 0 Å². The van der Waals surface area contributed by atoms with Gasteiger partial charge in [0, 0.05) is 12.8 Å². The summed E-state index contributed by atoms with van der Waals surface area (Å²) in [7, 11) is 0. The molecule has 0 aromatic heterocycles. The van der Waals surface area contributed by atoms with E-state index in [1.807, 2.05) is 36.5 Å². The molecule has 0 aromatic carbocycles. The number of carbonyl (C=O) groups excluding carboxylic acids is 2. The minimum Gasteiger partial charge on any atom is -0.462 e. The number of hydrogen-bond donors (Lipinski definition) is 7. The number of ether oxygens (including phenoxy) is 6. The lowest BCUT2D eigenvalue weighted by atomic mass is 9.98. The van der Waals surface area contributed by atoms with E-state index in [0.717, 1.165) is 57.8 Å². The molecule has 2 aliphatic heterocycles. The molecule has 390 valence electrons. The van der Waals surface area contributed by atoms with Crippen LogP contribution in [0.5, 0.6) is 0 Å². The molecule has 7 N–H and O–H groups in total. The first kappa shape index (κ1) is 61.1. The second-order valence-electron chi connectivity index (χ2n) is 17.7. The van der Waals surface area contributed by atoms with Crippen LogP contribution in [0.25, 0.3) is 0 Å². The molecular weight excluding hydrogens is 877 g/mol. The number of aliphatic hydroxyl groups is 7. The lowest BCUT2D eigenvalue weighted by molar-refractivity contribution is -0.332. The average Bonchev–Trinajstić information content (AvgIpc) is 3.33. The second kappa shape index (κ2) is 39.6. The second-order valence-corrected chi connectivity index (χ2v) is 17.7. The zero-order valence-electron chi connectivity index (χ0n) is 41.1. The molecule has 2 heterocycles. The van der Waals surface area contributed by atoms with Gasteiger partial charge in [-0.2, -0.15) is 0 Å². The molecule has 0 spiro atoms. The Morgan fingerprint density at radius 2 is 0.926 bits per heavy atom. The highest BCUT2D eigenvalue weighted by atomic mass is 16.7. The molecule has 0 amide bonds. The van der Waals surface area contributed by atoms with Gasteiger partial charge >= 0.3 is 11.9 Å². The van der Waals surface area contributed by atoms with Crippen molar-refractivity contribution in [3.8, 4) is 0 Å². The Bertz CT molecular complexity index is 1460. The van der Waals surface area contributed by atoms with Gasteiger partial charge in [0.25, 0.3) is 0 Å². The summed E-state index contributed by atoms with van der Waals surface area (Å²) in [6, 6.07) is 0. The summed E-state index contributed by atoms with van der Waals surface area (Å²) >= 11 is 0. The van der Waals surface area contributed by atoms with Crippen molar-refractivity contribution >= 4 is 11.9 Å². The lowest BCUT2D eigenvalue weighted by Gasteiger charge is -2.42. The molecule has 2 fully saturated rings. The fraction of sp³-hybridized carbons (Fsp3) is 0.736. The number of carbonyl (C=O) groups is 2. The molecular formula is C53H88O15. The molecule has 0 bridgehead atoms. The fourth-order valence-electron chi connectivity index (χ4n) is 7.57. The zero-order chi connectivity index (χ0) is 49.6. The van der Waals surface area contributed by atoms with E-state index in [4.69, 9.17) is 28.4 Å². The summed E-state index contributed by atoms with van der Waals surface area (Å²) in [6.45, 7) is 2.36. The summed E-state index contributed by atoms with van der Waals surface area (Å²) in [5.74, 6) is -0.980. The maximum absolute atomic E-state index is 13.0. The van der Waals surface area contributed by atoms with Gasteiger partial charge in [-0.3, -0.25) is 9.59 Å². The standard InChI is InChI=1S/C53H88O15/c1-3-5-7-9-11-13-15-17-18-19-20-21-22-24-25-27-29-31-33-35-44(55)63-38-41(66-45(56)36-34-32-30-28-26-23-16-14-12-10-8-6-4-2)39-64-52-51(62)49(60)47(58)43(68-52)40-65-53-50(61)48(59)46(57)42(37-54)67-53/h6,8,10-17,23,26,41-43,46-54,57-62H,3-5,7,9,18-22,24-25,27-40H2,1-2H3/b8-6+,12-10+,13-11+,16-14+,17-15+,26-23+/t41?,42-,43-,46+,47+,48?,49?,50?,51?,52-,53-/m1/s1. The summed E-state index contributed by atoms with van der Waals surface area (Å²) in [5.41, 5.74) is 0. The van der Waals surface area contributed by atoms with E-state index in [-0.39, 0.29) is 19.4 Å². The van der Waals surface area contributed by atoms with E-state index in [0.29, 0.717) is 12.8 Å². The maximum atomic E-state index is 13.0. The number of unbranched alkanes of at least 4 members (excludes halogenated alkanes) is 16. The van der Waals surface area contributed by atoms with Crippen molar-refractivity contribution < 1.29 is 73.8 Å². The Morgan fingerprint density at radius 3 is 1.49 bits per heavy atom.